The van der Waals surface area contributed by atoms with E-state index in [1.807, 2.05) is 26.1 Å². The number of hydrogen-bond donors (Lipinski definition) is 1. The smallest absolute Gasteiger partial charge is 0.153 e. The standard InChI is InChI=1S/C10H12BrN5/c1-6-7(4-3-5-13-6)8(12)9-10(11)14-15-16(9)2/h3-5,8H,12H2,1-2H3. The maximum absolute atomic E-state index is 6.19. The summed E-state index contributed by atoms with van der Waals surface area (Å²) in [5.74, 6) is 0. The van der Waals surface area contributed by atoms with Crippen molar-refractivity contribution in [2.75, 3.05) is 0 Å². The molecule has 0 aliphatic carbocycles. The molecule has 2 heterocycles. The molecule has 0 fully saturated rings. The molecule has 0 aromatic carbocycles. The van der Waals surface area contributed by atoms with Gasteiger partial charge < -0.3 is 5.73 Å². The largest absolute Gasteiger partial charge is 0.319 e. The molecule has 0 saturated carbocycles. The predicted octanol–water partition coefficient (Wildman–Crippen LogP) is 1.33. The van der Waals surface area contributed by atoms with Crippen LogP contribution in [0, 0.1) is 6.92 Å². The van der Waals surface area contributed by atoms with Crippen LogP contribution >= 0.6 is 15.9 Å². The summed E-state index contributed by atoms with van der Waals surface area (Å²) in [7, 11) is 1.82. The summed E-state index contributed by atoms with van der Waals surface area (Å²) in [5.41, 5.74) is 8.94. The van der Waals surface area contributed by atoms with Gasteiger partial charge in [0.15, 0.2) is 4.60 Å². The molecule has 6 heteroatoms. The van der Waals surface area contributed by atoms with Crippen molar-refractivity contribution in [1.29, 1.82) is 0 Å². The molecule has 1 atom stereocenters. The zero-order chi connectivity index (χ0) is 11.7. The molecule has 0 radical (unpaired) electrons. The zero-order valence-corrected chi connectivity index (χ0v) is 10.6. The highest BCUT2D eigenvalue weighted by atomic mass is 79.9. The van der Waals surface area contributed by atoms with E-state index in [9.17, 15) is 0 Å². The van der Waals surface area contributed by atoms with Crippen molar-refractivity contribution in [2.45, 2.75) is 13.0 Å². The minimum absolute atomic E-state index is 0.275. The molecule has 0 saturated heterocycles. The zero-order valence-electron chi connectivity index (χ0n) is 9.05. The number of rotatable bonds is 2. The number of aromatic nitrogens is 4. The Labute approximate surface area is 102 Å². The highest BCUT2D eigenvalue weighted by Crippen LogP contribution is 2.25. The first-order valence-corrected chi connectivity index (χ1v) is 5.62. The van der Waals surface area contributed by atoms with E-state index in [1.165, 1.54) is 0 Å². The second kappa shape index (κ2) is 4.31. The van der Waals surface area contributed by atoms with Crippen LogP contribution in [0.15, 0.2) is 22.9 Å². The van der Waals surface area contributed by atoms with Gasteiger partial charge in [-0.05, 0) is 34.5 Å². The fourth-order valence-electron chi connectivity index (χ4n) is 1.64. The van der Waals surface area contributed by atoms with Crippen LogP contribution in [-0.4, -0.2) is 20.0 Å². The van der Waals surface area contributed by atoms with Crippen molar-refractivity contribution in [2.24, 2.45) is 12.8 Å². The van der Waals surface area contributed by atoms with E-state index in [2.05, 4.69) is 31.2 Å². The summed E-state index contributed by atoms with van der Waals surface area (Å²) in [6.45, 7) is 1.94. The van der Waals surface area contributed by atoms with E-state index in [0.29, 0.717) is 4.60 Å². The Balaban J connectivity index is 2.47. The Morgan fingerprint density at radius 2 is 2.25 bits per heavy atom. The summed E-state index contributed by atoms with van der Waals surface area (Å²) in [6.07, 6.45) is 1.75. The third kappa shape index (κ3) is 1.85. The molecule has 5 nitrogen and oxygen atoms in total. The van der Waals surface area contributed by atoms with Gasteiger partial charge in [-0.3, -0.25) is 4.98 Å². The lowest BCUT2D eigenvalue weighted by Gasteiger charge is -2.13. The molecule has 84 valence electrons. The van der Waals surface area contributed by atoms with Crippen LogP contribution in [0.25, 0.3) is 0 Å². The van der Waals surface area contributed by atoms with Crippen molar-refractivity contribution in [3.63, 3.8) is 0 Å². The Kier molecular flexibility index (Phi) is 3.02. The monoisotopic (exact) mass is 281 g/mol. The molecule has 0 aliphatic heterocycles. The molecule has 2 aromatic heterocycles. The quantitative estimate of drug-likeness (QED) is 0.902. The molecular weight excluding hydrogens is 270 g/mol. The lowest BCUT2D eigenvalue weighted by molar-refractivity contribution is 0.648. The number of nitrogens with zero attached hydrogens (tertiary/aromatic N) is 4. The second-order valence-electron chi connectivity index (χ2n) is 3.54. The first-order chi connectivity index (χ1) is 7.61. The lowest BCUT2D eigenvalue weighted by Crippen LogP contribution is -2.18. The predicted molar refractivity (Wildman–Crippen MR) is 63.7 cm³/mol. The van der Waals surface area contributed by atoms with E-state index < -0.39 is 0 Å². The van der Waals surface area contributed by atoms with Gasteiger partial charge in [-0.25, -0.2) is 4.68 Å². The number of hydrogen-bond acceptors (Lipinski definition) is 4. The van der Waals surface area contributed by atoms with Gasteiger partial charge >= 0.3 is 0 Å². The SMILES string of the molecule is Cc1ncccc1C(N)c1c(Br)nnn1C. The maximum Gasteiger partial charge on any atom is 0.153 e. The van der Waals surface area contributed by atoms with E-state index in [4.69, 9.17) is 5.73 Å². The molecule has 2 aromatic rings. The van der Waals surface area contributed by atoms with Crippen LogP contribution < -0.4 is 5.73 Å². The second-order valence-corrected chi connectivity index (χ2v) is 4.30. The van der Waals surface area contributed by atoms with E-state index in [0.717, 1.165) is 17.0 Å². The van der Waals surface area contributed by atoms with Crippen LogP contribution in [0.5, 0.6) is 0 Å². The Morgan fingerprint density at radius 3 is 2.81 bits per heavy atom. The Bertz CT molecular complexity index is 488. The van der Waals surface area contributed by atoms with Crippen molar-refractivity contribution >= 4 is 15.9 Å². The Hall–Kier alpha value is -1.27. The van der Waals surface area contributed by atoms with Gasteiger partial charge in [0, 0.05) is 18.9 Å². The van der Waals surface area contributed by atoms with Gasteiger partial charge in [0.25, 0.3) is 0 Å². The van der Waals surface area contributed by atoms with Crippen LogP contribution in [0.4, 0.5) is 0 Å². The molecule has 0 bridgehead atoms. The van der Waals surface area contributed by atoms with E-state index in [1.54, 1.807) is 10.9 Å². The average molecular weight is 282 g/mol. The van der Waals surface area contributed by atoms with Gasteiger partial charge in [0.1, 0.15) is 0 Å². The van der Waals surface area contributed by atoms with Crippen LogP contribution in [0.3, 0.4) is 0 Å². The summed E-state index contributed by atoms with van der Waals surface area (Å²) < 4.78 is 2.34. The first kappa shape index (κ1) is 11.2. The molecule has 0 aliphatic rings. The fourth-order valence-corrected chi connectivity index (χ4v) is 2.22. The van der Waals surface area contributed by atoms with E-state index in [-0.39, 0.29) is 6.04 Å². The molecule has 0 amide bonds. The van der Waals surface area contributed by atoms with E-state index >= 15 is 0 Å². The van der Waals surface area contributed by atoms with Gasteiger partial charge in [-0.2, -0.15) is 0 Å². The van der Waals surface area contributed by atoms with Gasteiger partial charge in [0.05, 0.1) is 11.7 Å². The Morgan fingerprint density at radius 1 is 1.50 bits per heavy atom. The molecule has 2 rings (SSSR count). The van der Waals surface area contributed by atoms with Crippen LogP contribution in [-0.2, 0) is 7.05 Å². The van der Waals surface area contributed by atoms with Gasteiger partial charge in [-0.1, -0.05) is 11.3 Å². The highest BCUT2D eigenvalue weighted by Gasteiger charge is 2.19. The third-order valence-electron chi connectivity index (χ3n) is 2.50. The summed E-state index contributed by atoms with van der Waals surface area (Å²) in [4.78, 5) is 4.22. The van der Waals surface area contributed by atoms with Gasteiger partial charge in [0.2, 0.25) is 0 Å². The average Bonchev–Trinajstić information content (AvgIpc) is 2.58. The normalized spacial score (nSPS) is 12.8. The molecular formula is C10H12BrN5. The number of nitrogens with two attached hydrogens (primary N) is 1. The van der Waals surface area contributed by atoms with Crippen molar-refractivity contribution in [1.82, 2.24) is 20.0 Å². The number of pyridine rings is 1. The summed E-state index contributed by atoms with van der Waals surface area (Å²) in [5, 5.41) is 7.83. The minimum atomic E-state index is -0.275. The summed E-state index contributed by atoms with van der Waals surface area (Å²) >= 11 is 3.34. The molecule has 16 heavy (non-hydrogen) atoms. The lowest BCUT2D eigenvalue weighted by atomic mass is 10.0. The van der Waals surface area contributed by atoms with Gasteiger partial charge in [-0.15, -0.1) is 5.10 Å². The fraction of sp³-hybridized carbons (Fsp3) is 0.300. The molecule has 2 N–H and O–H groups in total. The molecule has 1 unspecified atom stereocenters. The van der Waals surface area contributed by atoms with Crippen molar-refractivity contribution in [3.05, 3.63) is 39.9 Å². The highest BCUT2D eigenvalue weighted by molar-refractivity contribution is 9.10. The third-order valence-corrected chi connectivity index (χ3v) is 3.07. The van der Waals surface area contributed by atoms with Crippen LogP contribution in [0.2, 0.25) is 0 Å². The number of aryl methyl sites for hydroxylation is 2. The first-order valence-electron chi connectivity index (χ1n) is 4.83. The number of halogens is 1. The topological polar surface area (TPSA) is 69.6 Å². The molecule has 0 spiro atoms. The van der Waals surface area contributed by atoms with Crippen molar-refractivity contribution in [3.8, 4) is 0 Å². The van der Waals surface area contributed by atoms with Crippen molar-refractivity contribution < 1.29 is 0 Å². The minimum Gasteiger partial charge on any atom is -0.319 e. The van der Waals surface area contributed by atoms with Crippen LogP contribution in [0.1, 0.15) is 23.0 Å². The summed E-state index contributed by atoms with van der Waals surface area (Å²) in [6, 6.07) is 3.56. The maximum atomic E-state index is 6.19.